The van der Waals surface area contributed by atoms with Crippen molar-refractivity contribution in [2.24, 2.45) is 0 Å². The first kappa shape index (κ1) is 23.2. The standard InChI is InChI=1S/C23H21ClF2N6O3/c1-23(2,12-25)21-30-29-19(35-21)14-4-3-13(11-15(14)26)20(33)31-7-9-32(10-8-31)22-28-18-16(34-22)5-6-17(24)27-18/h3-6,11H,7-10,12H2,1-2H3. The van der Waals surface area contributed by atoms with Crippen molar-refractivity contribution in [2.45, 2.75) is 19.3 Å². The van der Waals surface area contributed by atoms with Crippen LogP contribution in [-0.2, 0) is 5.41 Å². The van der Waals surface area contributed by atoms with Gasteiger partial charge in [-0.2, -0.15) is 4.98 Å². The fourth-order valence-corrected chi connectivity index (χ4v) is 3.83. The maximum atomic E-state index is 14.8. The Morgan fingerprint density at radius 3 is 2.57 bits per heavy atom. The van der Waals surface area contributed by atoms with Crippen LogP contribution in [0.4, 0.5) is 14.8 Å². The lowest BCUT2D eigenvalue weighted by Gasteiger charge is -2.33. The number of anilines is 1. The Bertz CT molecular complexity index is 1400. The van der Waals surface area contributed by atoms with E-state index >= 15 is 0 Å². The molecule has 1 aromatic carbocycles. The molecule has 4 heterocycles. The third-order valence-corrected chi connectivity index (χ3v) is 6.04. The third-order valence-electron chi connectivity index (χ3n) is 5.83. The summed E-state index contributed by atoms with van der Waals surface area (Å²) in [6, 6.07) is 7.80. The van der Waals surface area contributed by atoms with Crippen molar-refractivity contribution >= 4 is 34.8 Å². The topological polar surface area (TPSA) is 101 Å². The van der Waals surface area contributed by atoms with Crippen LogP contribution in [0.2, 0.25) is 5.15 Å². The van der Waals surface area contributed by atoms with Gasteiger partial charge in [-0.25, -0.2) is 13.8 Å². The Morgan fingerprint density at radius 2 is 1.86 bits per heavy atom. The van der Waals surface area contributed by atoms with Crippen molar-refractivity contribution in [1.29, 1.82) is 0 Å². The highest BCUT2D eigenvalue weighted by molar-refractivity contribution is 6.29. The summed E-state index contributed by atoms with van der Waals surface area (Å²) in [6.45, 7) is 4.30. The van der Waals surface area contributed by atoms with Crippen molar-refractivity contribution in [3.63, 3.8) is 0 Å². The minimum atomic E-state index is -0.971. The number of pyridine rings is 1. The summed E-state index contributed by atoms with van der Waals surface area (Å²) in [6.07, 6.45) is 0. The fraction of sp³-hybridized carbons (Fsp3) is 0.348. The second-order valence-electron chi connectivity index (χ2n) is 8.86. The normalized spacial score (nSPS) is 14.7. The SMILES string of the molecule is CC(C)(CF)c1nnc(-c2ccc(C(=O)N3CCN(c4nc5nc(Cl)ccc5o4)CC3)cc2F)o1. The lowest BCUT2D eigenvalue weighted by molar-refractivity contribution is 0.0744. The Labute approximate surface area is 203 Å². The molecule has 1 aliphatic heterocycles. The lowest BCUT2D eigenvalue weighted by Crippen LogP contribution is -2.49. The summed E-state index contributed by atoms with van der Waals surface area (Å²) in [7, 11) is 0. The Morgan fingerprint density at radius 1 is 1.09 bits per heavy atom. The van der Waals surface area contributed by atoms with Gasteiger partial charge in [-0.1, -0.05) is 11.6 Å². The number of benzene rings is 1. The summed E-state index contributed by atoms with van der Waals surface area (Å²) in [4.78, 5) is 25.0. The molecule has 1 fully saturated rings. The zero-order chi connectivity index (χ0) is 24.7. The van der Waals surface area contributed by atoms with Crippen LogP contribution < -0.4 is 4.90 Å². The molecule has 0 aliphatic carbocycles. The number of oxazole rings is 1. The minimum absolute atomic E-state index is 0.0458. The van der Waals surface area contributed by atoms with Crippen LogP contribution in [0.1, 0.15) is 30.1 Å². The molecule has 0 atom stereocenters. The van der Waals surface area contributed by atoms with Crippen molar-refractivity contribution < 1.29 is 22.4 Å². The number of piperazine rings is 1. The number of rotatable bonds is 5. The van der Waals surface area contributed by atoms with Crippen LogP contribution in [-0.4, -0.2) is 63.8 Å². The minimum Gasteiger partial charge on any atom is -0.422 e. The maximum absolute atomic E-state index is 14.8. The number of fused-ring (bicyclic) bond motifs is 1. The van der Waals surface area contributed by atoms with E-state index in [9.17, 15) is 13.6 Å². The summed E-state index contributed by atoms with van der Waals surface area (Å²) in [5.41, 5.74) is 0.221. The molecule has 4 aromatic rings. The number of hydrogen-bond acceptors (Lipinski definition) is 8. The maximum Gasteiger partial charge on any atom is 0.300 e. The zero-order valence-corrected chi connectivity index (χ0v) is 19.7. The summed E-state index contributed by atoms with van der Waals surface area (Å²) >= 11 is 5.90. The molecule has 0 saturated carbocycles. The van der Waals surface area contributed by atoms with E-state index in [4.69, 9.17) is 20.4 Å². The smallest absolute Gasteiger partial charge is 0.300 e. The van der Waals surface area contributed by atoms with Gasteiger partial charge < -0.3 is 18.6 Å². The predicted molar refractivity (Wildman–Crippen MR) is 124 cm³/mol. The molecule has 12 heteroatoms. The highest BCUT2D eigenvalue weighted by atomic mass is 35.5. The van der Waals surface area contributed by atoms with Gasteiger partial charge in [-0.15, -0.1) is 10.2 Å². The first-order valence-electron chi connectivity index (χ1n) is 10.9. The highest BCUT2D eigenvalue weighted by Gasteiger charge is 2.29. The van der Waals surface area contributed by atoms with Crippen LogP contribution in [0.15, 0.2) is 39.2 Å². The Kier molecular flexibility index (Phi) is 5.87. The number of carbonyl (C=O) groups is 1. The van der Waals surface area contributed by atoms with E-state index in [2.05, 4.69) is 20.2 Å². The number of carbonyl (C=O) groups excluding carboxylic acids is 1. The highest BCUT2D eigenvalue weighted by Crippen LogP contribution is 2.29. The molecule has 0 radical (unpaired) electrons. The Hall–Kier alpha value is -3.60. The van der Waals surface area contributed by atoms with E-state index in [0.29, 0.717) is 48.6 Å². The van der Waals surface area contributed by atoms with Crippen molar-refractivity contribution in [2.75, 3.05) is 37.8 Å². The van der Waals surface area contributed by atoms with Crippen molar-refractivity contribution in [3.05, 3.63) is 52.8 Å². The number of amides is 1. The van der Waals surface area contributed by atoms with E-state index in [1.807, 2.05) is 4.90 Å². The largest absolute Gasteiger partial charge is 0.422 e. The average Bonchev–Trinajstić information content (AvgIpc) is 3.51. The van der Waals surface area contributed by atoms with Gasteiger partial charge in [0.05, 0.1) is 11.0 Å². The molecule has 1 aliphatic rings. The number of alkyl halides is 1. The summed E-state index contributed by atoms with van der Waals surface area (Å²) in [5, 5.41) is 7.99. The lowest BCUT2D eigenvalue weighted by atomic mass is 9.96. The molecule has 9 nitrogen and oxygen atoms in total. The number of hydrogen-bond donors (Lipinski definition) is 0. The quantitative estimate of drug-likeness (QED) is 0.373. The summed E-state index contributed by atoms with van der Waals surface area (Å²) < 4.78 is 39.3. The molecule has 35 heavy (non-hydrogen) atoms. The van der Waals surface area contributed by atoms with E-state index < -0.39 is 17.9 Å². The molecule has 5 rings (SSSR count). The van der Waals surface area contributed by atoms with Crippen LogP contribution >= 0.6 is 11.6 Å². The van der Waals surface area contributed by atoms with Gasteiger partial charge in [0.2, 0.25) is 11.5 Å². The van der Waals surface area contributed by atoms with Crippen molar-refractivity contribution in [1.82, 2.24) is 25.1 Å². The first-order valence-corrected chi connectivity index (χ1v) is 11.3. The number of aromatic nitrogens is 4. The molecular formula is C23H21ClF2N6O3. The monoisotopic (exact) mass is 502 g/mol. The molecule has 1 saturated heterocycles. The van der Waals surface area contributed by atoms with Gasteiger partial charge in [0.15, 0.2) is 5.58 Å². The fourth-order valence-electron chi connectivity index (χ4n) is 3.69. The molecule has 1 amide bonds. The van der Waals surface area contributed by atoms with Gasteiger partial charge in [-0.05, 0) is 44.2 Å². The van der Waals surface area contributed by atoms with Crippen LogP contribution in [0.25, 0.3) is 22.7 Å². The van der Waals surface area contributed by atoms with Gasteiger partial charge in [-0.3, -0.25) is 4.79 Å². The molecule has 0 bridgehead atoms. The third kappa shape index (κ3) is 4.43. The van der Waals surface area contributed by atoms with Gasteiger partial charge in [0.1, 0.15) is 17.6 Å². The molecular weight excluding hydrogens is 482 g/mol. The van der Waals surface area contributed by atoms with Gasteiger partial charge in [0.25, 0.3) is 17.8 Å². The van der Waals surface area contributed by atoms with Gasteiger partial charge >= 0.3 is 0 Å². The number of halogens is 3. The van der Waals surface area contributed by atoms with Crippen LogP contribution in [0.3, 0.4) is 0 Å². The molecule has 0 N–H and O–H groups in total. The number of nitrogens with zero attached hydrogens (tertiary/aromatic N) is 6. The van der Waals surface area contributed by atoms with E-state index in [1.165, 1.54) is 12.1 Å². The van der Waals surface area contributed by atoms with Gasteiger partial charge in [0, 0.05) is 31.7 Å². The first-order chi connectivity index (χ1) is 16.7. The van der Waals surface area contributed by atoms with Crippen LogP contribution in [0.5, 0.6) is 0 Å². The average molecular weight is 503 g/mol. The van der Waals surface area contributed by atoms with E-state index in [-0.39, 0.29) is 28.8 Å². The molecule has 182 valence electrons. The van der Waals surface area contributed by atoms with E-state index in [1.54, 1.807) is 30.9 Å². The summed E-state index contributed by atoms with van der Waals surface area (Å²) in [5.74, 6) is -0.975. The predicted octanol–water partition coefficient (Wildman–Crippen LogP) is 4.27. The second kappa shape index (κ2) is 8.88. The zero-order valence-electron chi connectivity index (χ0n) is 19.0. The van der Waals surface area contributed by atoms with E-state index in [0.717, 1.165) is 6.07 Å². The second-order valence-corrected chi connectivity index (χ2v) is 9.24. The van der Waals surface area contributed by atoms with Crippen molar-refractivity contribution in [3.8, 4) is 11.5 Å². The Balaban J connectivity index is 1.26. The molecule has 3 aromatic heterocycles. The molecule has 0 unspecified atom stereocenters. The molecule has 0 spiro atoms. The van der Waals surface area contributed by atoms with Crippen LogP contribution in [0, 0.1) is 5.82 Å².